The van der Waals surface area contributed by atoms with Gasteiger partial charge in [-0.1, -0.05) is 19.8 Å². The third-order valence-electron chi connectivity index (χ3n) is 4.50. The van der Waals surface area contributed by atoms with E-state index in [1.807, 2.05) is 11.8 Å². The molecule has 2 rings (SSSR count). The van der Waals surface area contributed by atoms with Crippen molar-refractivity contribution in [2.24, 2.45) is 17.8 Å². The van der Waals surface area contributed by atoms with Gasteiger partial charge in [-0.3, -0.25) is 4.79 Å². The lowest BCUT2D eigenvalue weighted by molar-refractivity contribution is -0.136. The van der Waals surface area contributed by atoms with Gasteiger partial charge in [0.2, 0.25) is 5.91 Å². The standard InChI is InChI=1S/C14H25NO2/c1-10-4-3-5-12(8-10)14(17)15-7-6-13(9-15)11(2)16/h10-13,16H,3-9H2,1-2H3. The van der Waals surface area contributed by atoms with Crippen LogP contribution in [0.5, 0.6) is 0 Å². The lowest BCUT2D eigenvalue weighted by Crippen LogP contribution is -2.37. The minimum atomic E-state index is -0.280. The van der Waals surface area contributed by atoms with Crippen LogP contribution in [-0.4, -0.2) is 35.1 Å². The molecule has 0 aromatic rings. The highest BCUT2D eigenvalue weighted by Crippen LogP contribution is 2.31. The summed E-state index contributed by atoms with van der Waals surface area (Å²) >= 11 is 0. The first kappa shape index (κ1) is 12.9. The molecule has 0 aromatic carbocycles. The van der Waals surface area contributed by atoms with Crippen LogP contribution in [0.25, 0.3) is 0 Å². The Morgan fingerprint density at radius 3 is 2.71 bits per heavy atom. The van der Waals surface area contributed by atoms with Crippen molar-refractivity contribution in [2.45, 2.75) is 52.1 Å². The average molecular weight is 239 g/mol. The maximum absolute atomic E-state index is 12.4. The van der Waals surface area contributed by atoms with E-state index < -0.39 is 0 Å². The molecule has 1 aliphatic carbocycles. The molecular weight excluding hydrogens is 214 g/mol. The molecule has 4 unspecified atom stereocenters. The molecule has 17 heavy (non-hydrogen) atoms. The van der Waals surface area contributed by atoms with Crippen molar-refractivity contribution in [1.29, 1.82) is 0 Å². The number of aliphatic hydroxyl groups excluding tert-OH is 1. The van der Waals surface area contributed by atoms with Crippen LogP contribution in [0.15, 0.2) is 0 Å². The zero-order valence-corrected chi connectivity index (χ0v) is 11.1. The summed E-state index contributed by atoms with van der Waals surface area (Å²) in [4.78, 5) is 14.3. The van der Waals surface area contributed by atoms with Gasteiger partial charge < -0.3 is 10.0 Å². The van der Waals surface area contributed by atoms with E-state index in [0.29, 0.717) is 17.7 Å². The first-order valence-electron chi connectivity index (χ1n) is 7.04. The molecule has 0 spiro atoms. The van der Waals surface area contributed by atoms with Gasteiger partial charge in [-0.15, -0.1) is 0 Å². The third kappa shape index (κ3) is 3.01. The lowest BCUT2D eigenvalue weighted by atomic mass is 9.82. The number of carbonyl (C=O) groups excluding carboxylic acids is 1. The van der Waals surface area contributed by atoms with Crippen molar-refractivity contribution < 1.29 is 9.90 Å². The van der Waals surface area contributed by atoms with E-state index in [0.717, 1.165) is 32.4 Å². The first-order valence-corrected chi connectivity index (χ1v) is 7.04. The van der Waals surface area contributed by atoms with Crippen LogP contribution in [0.3, 0.4) is 0 Å². The van der Waals surface area contributed by atoms with E-state index in [4.69, 9.17) is 0 Å². The van der Waals surface area contributed by atoms with E-state index in [1.165, 1.54) is 12.8 Å². The fourth-order valence-corrected chi connectivity index (χ4v) is 3.30. The number of rotatable bonds is 2. The average Bonchev–Trinajstić information content (AvgIpc) is 2.77. The third-order valence-corrected chi connectivity index (χ3v) is 4.50. The molecule has 4 atom stereocenters. The summed E-state index contributed by atoms with van der Waals surface area (Å²) in [5.41, 5.74) is 0. The molecule has 98 valence electrons. The predicted molar refractivity (Wildman–Crippen MR) is 67.5 cm³/mol. The van der Waals surface area contributed by atoms with Crippen LogP contribution in [0.2, 0.25) is 0 Å². The minimum Gasteiger partial charge on any atom is -0.393 e. The molecule has 1 amide bonds. The predicted octanol–water partition coefficient (Wildman–Crippen LogP) is 2.04. The second-order valence-electron chi connectivity index (χ2n) is 6.04. The highest BCUT2D eigenvalue weighted by atomic mass is 16.3. The first-order chi connectivity index (χ1) is 8.08. The second-order valence-corrected chi connectivity index (χ2v) is 6.04. The van der Waals surface area contributed by atoms with E-state index >= 15 is 0 Å². The molecule has 2 fully saturated rings. The van der Waals surface area contributed by atoms with Gasteiger partial charge in [0, 0.05) is 24.9 Å². The molecule has 2 aliphatic rings. The smallest absolute Gasteiger partial charge is 0.225 e. The molecule has 1 aliphatic heterocycles. The highest BCUT2D eigenvalue weighted by molar-refractivity contribution is 5.79. The van der Waals surface area contributed by atoms with E-state index in [9.17, 15) is 9.90 Å². The fraction of sp³-hybridized carbons (Fsp3) is 0.929. The van der Waals surface area contributed by atoms with Crippen LogP contribution < -0.4 is 0 Å². The number of carbonyl (C=O) groups is 1. The molecule has 1 heterocycles. The summed E-state index contributed by atoms with van der Waals surface area (Å²) < 4.78 is 0. The van der Waals surface area contributed by atoms with Crippen LogP contribution in [0.4, 0.5) is 0 Å². The topological polar surface area (TPSA) is 40.5 Å². The maximum Gasteiger partial charge on any atom is 0.225 e. The van der Waals surface area contributed by atoms with Crippen molar-refractivity contribution in [3.05, 3.63) is 0 Å². The molecule has 0 radical (unpaired) electrons. The zero-order valence-electron chi connectivity index (χ0n) is 11.1. The lowest BCUT2D eigenvalue weighted by Gasteiger charge is -2.29. The fourth-order valence-electron chi connectivity index (χ4n) is 3.30. The molecule has 1 saturated heterocycles. The van der Waals surface area contributed by atoms with Gasteiger partial charge >= 0.3 is 0 Å². The minimum absolute atomic E-state index is 0.256. The van der Waals surface area contributed by atoms with Gasteiger partial charge in [-0.05, 0) is 32.1 Å². The van der Waals surface area contributed by atoms with E-state index in [-0.39, 0.29) is 12.0 Å². The SMILES string of the molecule is CC1CCCC(C(=O)N2CCC(C(C)O)C2)C1. The summed E-state index contributed by atoms with van der Waals surface area (Å²) in [7, 11) is 0. The van der Waals surface area contributed by atoms with Crippen LogP contribution in [0, 0.1) is 17.8 Å². The van der Waals surface area contributed by atoms with Gasteiger partial charge in [-0.25, -0.2) is 0 Å². The number of hydrogen-bond donors (Lipinski definition) is 1. The molecule has 1 saturated carbocycles. The van der Waals surface area contributed by atoms with Crippen molar-refractivity contribution >= 4 is 5.91 Å². The van der Waals surface area contributed by atoms with Crippen molar-refractivity contribution in [3.63, 3.8) is 0 Å². The van der Waals surface area contributed by atoms with E-state index in [1.54, 1.807) is 0 Å². The second kappa shape index (κ2) is 5.38. The summed E-state index contributed by atoms with van der Waals surface area (Å²) in [6.45, 7) is 5.70. The Bertz CT molecular complexity index is 277. The molecule has 3 heteroatoms. The zero-order chi connectivity index (χ0) is 12.4. The Balaban J connectivity index is 1.88. The Labute approximate surface area is 104 Å². The summed E-state index contributed by atoms with van der Waals surface area (Å²) in [5, 5.41) is 9.57. The van der Waals surface area contributed by atoms with Gasteiger partial charge in [0.25, 0.3) is 0 Å². The highest BCUT2D eigenvalue weighted by Gasteiger charge is 2.34. The van der Waals surface area contributed by atoms with Crippen molar-refractivity contribution in [1.82, 2.24) is 4.90 Å². The summed E-state index contributed by atoms with van der Waals surface area (Å²) in [5.74, 6) is 1.60. The van der Waals surface area contributed by atoms with Crippen LogP contribution >= 0.6 is 0 Å². The van der Waals surface area contributed by atoms with Gasteiger partial charge in [0.05, 0.1) is 6.10 Å². The molecule has 3 nitrogen and oxygen atoms in total. The van der Waals surface area contributed by atoms with Crippen LogP contribution in [-0.2, 0) is 4.79 Å². The normalized spacial score (nSPS) is 35.9. The monoisotopic (exact) mass is 239 g/mol. The van der Waals surface area contributed by atoms with Crippen LogP contribution in [0.1, 0.15) is 46.0 Å². The number of hydrogen-bond acceptors (Lipinski definition) is 2. The Morgan fingerprint density at radius 1 is 1.35 bits per heavy atom. The van der Waals surface area contributed by atoms with Gasteiger partial charge in [0.15, 0.2) is 0 Å². The number of aliphatic hydroxyl groups is 1. The Kier molecular flexibility index (Phi) is 4.08. The number of amides is 1. The largest absolute Gasteiger partial charge is 0.393 e. The molecule has 0 bridgehead atoms. The number of likely N-dealkylation sites (tertiary alicyclic amines) is 1. The van der Waals surface area contributed by atoms with Gasteiger partial charge in [0.1, 0.15) is 0 Å². The quantitative estimate of drug-likeness (QED) is 0.801. The number of nitrogens with zero attached hydrogens (tertiary/aromatic N) is 1. The van der Waals surface area contributed by atoms with E-state index in [2.05, 4.69) is 6.92 Å². The maximum atomic E-state index is 12.4. The summed E-state index contributed by atoms with van der Waals surface area (Å²) in [6.07, 6.45) is 5.29. The van der Waals surface area contributed by atoms with Crippen molar-refractivity contribution in [3.8, 4) is 0 Å². The van der Waals surface area contributed by atoms with Gasteiger partial charge in [-0.2, -0.15) is 0 Å². The van der Waals surface area contributed by atoms with Crippen molar-refractivity contribution in [2.75, 3.05) is 13.1 Å². The Hall–Kier alpha value is -0.570. The molecule has 0 aromatic heterocycles. The Morgan fingerprint density at radius 2 is 2.12 bits per heavy atom. The molecular formula is C14H25NO2. The summed E-state index contributed by atoms with van der Waals surface area (Å²) in [6, 6.07) is 0. The molecule has 1 N–H and O–H groups in total.